The number of hydrogen-bond acceptors (Lipinski definition) is 3. The summed E-state index contributed by atoms with van der Waals surface area (Å²) in [5.74, 6) is 0.926. The quantitative estimate of drug-likeness (QED) is 0.697. The summed E-state index contributed by atoms with van der Waals surface area (Å²) in [6, 6.07) is 7.86. The van der Waals surface area contributed by atoms with Gasteiger partial charge in [-0.1, -0.05) is 11.6 Å². The molecule has 2 aromatic heterocycles. The van der Waals surface area contributed by atoms with Crippen LogP contribution in [0.1, 0.15) is 18.8 Å². The number of fused-ring (bicyclic) bond motifs is 3. The molecule has 2 N–H and O–H groups in total. The number of imidazole rings is 1. The first-order chi connectivity index (χ1) is 8.69. The fourth-order valence-corrected chi connectivity index (χ4v) is 2.17. The summed E-state index contributed by atoms with van der Waals surface area (Å²) in [7, 11) is 1.91. The summed E-state index contributed by atoms with van der Waals surface area (Å²) in [5, 5.41) is 4.71. The highest BCUT2D eigenvalue weighted by Gasteiger charge is 2.11. The van der Waals surface area contributed by atoms with Gasteiger partial charge in [0.15, 0.2) is 0 Å². The van der Waals surface area contributed by atoms with Crippen LogP contribution in [0.15, 0.2) is 24.3 Å². The largest absolute Gasteiger partial charge is 0.340 e. The van der Waals surface area contributed by atoms with E-state index in [4.69, 9.17) is 11.6 Å². The SMILES string of the molecule is CNC(C)c1nc2ccc3nc(Cl)ccc3c2[nH]1. The molecule has 2 heterocycles. The number of aromatic nitrogens is 3. The number of hydrogen-bond donors (Lipinski definition) is 2. The Morgan fingerprint density at radius 2 is 1.94 bits per heavy atom. The molecule has 1 aromatic carbocycles. The molecule has 0 aliphatic rings. The number of rotatable bonds is 2. The first kappa shape index (κ1) is 11.4. The van der Waals surface area contributed by atoms with Gasteiger partial charge in [0, 0.05) is 5.39 Å². The topological polar surface area (TPSA) is 53.6 Å². The molecule has 0 saturated carbocycles. The predicted octanol–water partition coefficient (Wildman–Crippen LogP) is 3.04. The van der Waals surface area contributed by atoms with Crippen LogP contribution in [-0.2, 0) is 0 Å². The van der Waals surface area contributed by atoms with Crippen molar-refractivity contribution in [1.82, 2.24) is 20.3 Å². The fraction of sp³-hybridized carbons (Fsp3) is 0.231. The Morgan fingerprint density at radius 3 is 2.72 bits per heavy atom. The third-order valence-corrected chi connectivity index (χ3v) is 3.36. The molecule has 3 rings (SSSR count). The molecule has 0 fully saturated rings. The van der Waals surface area contributed by atoms with Crippen molar-refractivity contribution in [2.45, 2.75) is 13.0 Å². The zero-order valence-corrected chi connectivity index (χ0v) is 10.9. The van der Waals surface area contributed by atoms with Gasteiger partial charge in [-0.05, 0) is 38.2 Å². The molecule has 0 amide bonds. The highest BCUT2D eigenvalue weighted by atomic mass is 35.5. The van der Waals surface area contributed by atoms with Crippen LogP contribution in [0.5, 0.6) is 0 Å². The Labute approximate surface area is 109 Å². The Morgan fingerprint density at radius 1 is 1.17 bits per heavy atom. The monoisotopic (exact) mass is 260 g/mol. The van der Waals surface area contributed by atoms with Crippen molar-refractivity contribution in [3.63, 3.8) is 0 Å². The number of nitrogens with zero attached hydrogens (tertiary/aromatic N) is 2. The molecule has 1 unspecified atom stereocenters. The van der Waals surface area contributed by atoms with Gasteiger partial charge >= 0.3 is 0 Å². The smallest absolute Gasteiger partial charge is 0.129 e. The van der Waals surface area contributed by atoms with E-state index in [0.717, 1.165) is 27.8 Å². The molecule has 0 saturated heterocycles. The highest BCUT2D eigenvalue weighted by molar-refractivity contribution is 6.30. The van der Waals surface area contributed by atoms with E-state index in [9.17, 15) is 0 Å². The lowest BCUT2D eigenvalue weighted by Crippen LogP contribution is -2.13. The summed E-state index contributed by atoms with van der Waals surface area (Å²) < 4.78 is 0. The van der Waals surface area contributed by atoms with Crippen molar-refractivity contribution in [2.24, 2.45) is 0 Å². The molecule has 4 nitrogen and oxygen atoms in total. The van der Waals surface area contributed by atoms with E-state index in [2.05, 4.69) is 27.2 Å². The zero-order valence-electron chi connectivity index (χ0n) is 10.2. The van der Waals surface area contributed by atoms with Crippen LogP contribution in [-0.4, -0.2) is 22.0 Å². The van der Waals surface area contributed by atoms with Gasteiger partial charge < -0.3 is 10.3 Å². The maximum absolute atomic E-state index is 5.90. The molecule has 0 aliphatic carbocycles. The van der Waals surface area contributed by atoms with E-state index in [0.29, 0.717) is 5.15 Å². The molecular weight excluding hydrogens is 248 g/mol. The molecule has 0 bridgehead atoms. The summed E-state index contributed by atoms with van der Waals surface area (Å²) in [6.45, 7) is 2.06. The molecule has 18 heavy (non-hydrogen) atoms. The van der Waals surface area contributed by atoms with Gasteiger partial charge in [0.2, 0.25) is 0 Å². The molecule has 0 radical (unpaired) electrons. The normalized spacial score (nSPS) is 13.3. The van der Waals surface area contributed by atoms with Crippen LogP contribution < -0.4 is 5.32 Å². The van der Waals surface area contributed by atoms with E-state index < -0.39 is 0 Å². The van der Waals surface area contributed by atoms with Gasteiger partial charge in [-0.25, -0.2) is 9.97 Å². The Bertz CT molecular complexity index is 719. The van der Waals surface area contributed by atoms with E-state index in [-0.39, 0.29) is 6.04 Å². The van der Waals surface area contributed by atoms with Crippen LogP contribution in [0.2, 0.25) is 5.15 Å². The van der Waals surface area contributed by atoms with E-state index >= 15 is 0 Å². The minimum Gasteiger partial charge on any atom is -0.340 e. The zero-order chi connectivity index (χ0) is 12.7. The van der Waals surface area contributed by atoms with Crippen molar-refractivity contribution >= 4 is 33.5 Å². The van der Waals surface area contributed by atoms with Crippen molar-refractivity contribution in [2.75, 3.05) is 7.05 Å². The predicted molar refractivity (Wildman–Crippen MR) is 73.9 cm³/mol. The summed E-state index contributed by atoms with van der Waals surface area (Å²) in [4.78, 5) is 12.2. The standard InChI is InChI=1S/C13H13ClN4/c1-7(15-2)13-17-10-5-4-9-8(12(10)18-13)3-6-11(14)16-9/h3-7,15H,1-2H3,(H,17,18). The summed E-state index contributed by atoms with van der Waals surface area (Å²) in [6.07, 6.45) is 0. The number of H-pyrrole nitrogens is 1. The number of aromatic amines is 1. The lowest BCUT2D eigenvalue weighted by Gasteiger charge is -2.04. The Kier molecular flexibility index (Phi) is 2.69. The number of pyridine rings is 1. The molecule has 92 valence electrons. The maximum Gasteiger partial charge on any atom is 0.129 e. The molecule has 0 spiro atoms. The van der Waals surface area contributed by atoms with Crippen molar-refractivity contribution < 1.29 is 0 Å². The lowest BCUT2D eigenvalue weighted by atomic mass is 10.2. The minimum atomic E-state index is 0.188. The second-order valence-corrected chi connectivity index (χ2v) is 4.68. The van der Waals surface area contributed by atoms with Crippen LogP contribution in [0, 0.1) is 0 Å². The van der Waals surface area contributed by atoms with Gasteiger partial charge in [-0.2, -0.15) is 0 Å². The van der Waals surface area contributed by atoms with Crippen LogP contribution in [0.3, 0.4) is 0 Å². The van der Waals surface area contributed by atoms with Crippen LogP contribution in [0.4, 0.5) is 0 Å². The summed E-state index contributed by atoms with van der Waals surface area (Å²) in [5.41, 5.74) is 2.83. The third-order valence-electron chi connectivity index (χ3n) is 3.15. The second kappa shape index (κ2) is 4.23. The third kappa shape index (κ3) is 1.74. The van der Waals surface area contributed by atoms with Crippen LogP contribution in [0.25, 0.3) is 21.9 Å². The van der Waals surface area contributed by atoms with Gasteiger partial charge in [0.1, 0.15) is 11.0 Å². The van der Waals surface area contributed by atoms with Gasteiger partial charge in [0.05, 0.1) is 22.6 Å². The second-order valence-electron chi connectivity index (χ2n) is 4.29. The fourth-order valence-electron chi connectivity index (χ4n) is 2.02. The minimum absolute atomic E-state index is 0.188. The molecular formula is C13H13ClN4. The van der Waals surface area contributed by atoms with Gasteiger partial charge in [0.25, 0.3) is 0 Å². The average molecular weight is 261 g/mol. The molecule has 0 aliphatic heterocycles. The van der Waals surface area contributed by atoms with Crippen molar-refractivity contribution in [3.05, 3.63) is 35.2 Å². The summed E-state index contributed by atoms with van der Waals surface area (Å²) >= 11 is 5.90. The lowest BCUT2D eigenvalue weighted by molar-refractivity contribution is 0.620. The number of nitrogens with one attached hydrogen (secondary N) is 2. The molecule has 1 atom stereocenters. The first-order valence-corrected chi connectivity index (χ1v) is 6.19. The van der Waals surface area contributed by atoms with Gasteiger partial charge in [-0.15, -0.1) is 0 Å². The number of benzene rings is 1. The van der Waals surface area contributed by atoms with E-state index in [1.165, 1.54) is 0 Å². The highest BCUT2D eigenvalue weighted by Crippen LogP contribution is 2.25. The Hall–Kier alpha value is -1.65. The molecule has 5 heteroatoms. The van der Waals surface area contributed by atoms with Crippen molar-refractivity contribution in [3.8, 4) is 0 Å². The number of halogens is 1. The van der Waals surface area contributed by atoms with Crippen LogP contribution >= 0.6 is 11.6 Å². The average Bonchev–Trinajstić information content (AvgIpc) is 2.81. The van der Waals surface area contributed by atoms with Crippen molar-refractivity contribution in [1.29, 1.82) is 0 Å². The van der Waals surface area contributed by atoms with E-state index in [1.54, 1.807) is 6.07 Å². The van der Waals surface area contributed by atoms with Gasteiger partial charge in [-0.3, -0.25) is 0 Å². The van der Waals surface area contributed by atoms with E-state index in [1.807, 2.05) is 25.2 Å². The molecule has 3 aromatic rings. The first-order valence-electron chi connectivity index (χ1n) is 5.81. The Balaban J connectivity index is 2.30. The maximum atomic E-state index is 5.90.